The van der Waals surface area contributed by atoms with Crippen LogP contribution in [0, 0.1) is 3.57 Å². The number of nitrogens with one attached hydrogen (secondary N) is 1. The summed E-state index contributed by atoms with van der Waals surface area (Å²) in [5, 5.41) is 3.55. The van der Waals surface area contributed by atoms with Crippen LogP contribution in [0.25, 0.3) is 0 Å². The minimum atomic E-state index is 0.711. The van der Waals surface area contributed by atoms with Crippen molar-refractivity contribution in [3.8, 4) is 0 Å². The molecule has 0 amide bonds. The van der Waals surface area contributed by atoms with Crippen LogP contribution in [-0.4, -0.2) is 6.04 Å². The van der Waals surface area contributed by atoms with Gasteiger partial charge >= 0.3 is 0 Å². The van der Waals surface area contributed by atoms with Crippen LogP contribution in [0.3, 0.4) is 0 Å². The predicted octanol–water partition coefficient (Wildman–Crippen LogP) is 4.02. The number of hydrogen-bond acceptors (Lipinski definition) is 1. The fourth-order valence-corrected chi connectivity index (χ4v) is 2.23. The topological polar surface area (TPSA) is 12.0 Å². The standard InChI is InChI=1S/C10H11BrIN/c11-7-4-5-9(12)10(6-7)13-8-2-1-3-8/h4-6,8,13H,1-3H2. The van der Waals surface area contributed by atoms with Crippen LogP contribution < -0.4 is 5.32 Å². The minimum Gasteiger partial charge on any atom is -0.381 e. The molecule has 3 heteroatoms. The van der Waals surface area contributed by atoms with Gasteiger partial charge in [0.05, 0.1) is 0 Å². The van der Waals surface area contributed by atoms with Crippen LogP contribution in [0.2, 0.25) is 0 Å². The highest BCUT2D eigenvalue weighted by atomic mass is 127. The molecule has 1 N–H and O–H groups in total. The van der Waals surface area contributed by atoms with Crippen LogP contribution >= 0.6 is 38.5 Å². The lowest BCUT2D eigenvalue weighted by molar-refractivity contribution is 0.445. The summed E-state index contributed by atoms with van der Waals surface area (Å²) >= 11 is 5.85. The number of rotatable bonds is 2. The summed E-state index contributed by atoms with van der Waals surface area (Å²) in [7, 11) is 0. The van der Waals surface area contributed by atoms with Gasteiger partial charge in [0.25, 0.3) is 0 Å². The van der Waals surface area contributed by atoms with E-state index in [0.717, 1.165) is 4.47 Å². The van der Waals surface area contributed by atoms with Crippen LogP contribution in [0.5, 0.6) is 0 Å². The van der Waals surface area contributed by atoms with Crippen LogP contribution in [-0.2, 0) is 0 Å². The van der Waals surface area contributed by atoms with Gasteiger partial charge in [-0.1, -0.05) is 15.9 Å². The van der Waals surface area contributed by atoms with Gasteiger partial charge in [0.1, 0.15) is 0 Å². The molecule has 70 valence electrons. The van der Waals surface area contributed by atoms with E-state index in [-0.39, 0.29) is 0 Å². The maximum absolute atomic E-state index is 3.55. The molecular weight excluding hydrogens is 341 g/mol. The van der Waals surface area contributed by atoms with Crippen molar-refractivity contribution in [2.24, 2.45) is 0 Å². The van der Waals surface area contributed by atoms with E-state index >= 15 is 0 Å². The molecule has 0 atom stereocenters. The first-order valence-corrected chi connectivity index (χ1v) is 6.34. The third-order valence-corrected chi connectivity index (χ3v) is 3.83. The van der Waals surface area contributed by atoms with E-state index < -0.39 is 0 Å². The molecule has 0 unspecified atom stereocenters. The lowest BCUT2D eigenvalue weighted by atomic mass is 9.93. The zero-order valence-corrected chi connectivity index (χ0v) is 10.9. The molecule has 13 heavy (non-hydrogen) atoms. The zero-order valence-electron chi connectivity index (χ0n) is 7.19. The lowest BCUT2D eigenvalue weighted by Gasteiger charge is -2.28. The summed E-state index contributed by atoms with van der Waals surface area (Å²) in [5.74, 6) is 0. The minimum absolute atomic E-state index is 0.711. The molecule has 1 aliphatic carbocycles. The van der Waals surface area contributed by atoms with Crippen molar-refractivity contribution in [1.29, 1.82) is 0 Å². The third kappa shape index (κ3) is 2.37. The molecule has 0 radical (unpaired) electrons. The van der Waals surface area contributed by atoms with Gasteiger partial charge in [-0.25, -0.2) is 0 Å². The summed E-state index contributed by atoms with van der Waals surface area (Å²) in [5.41, 5.74) is 1.26. The fraction of sp³-hybridized carbons (Fsp3) is 0.400. The van der Waals surface area contributed by atoms with Crippen molar-refractivity contribution in [3.63, 3.8) is 0 Å². The summed E-state index contributed by atoms with van der Waals surface area (Å²) in [6.07, 6.45) is 4.02. The van der Waals surface area contributed by atoms with Crippen molar-refractivity contribution in [3.05, 3.63) is 26.2 Å². The lowest BCUT2D eigenvalue weighted by Crippen LogP contribution is -2.27. The van der Waals surface area contributed by atoms with E-state index in [1.54, 1.807) is 0 Å². The van der Waals surface area contributed by atoms with Gasteiger partial charge in [0.2, 0.25) is 0 Å². The predicted molar refractivity (Wildman–Crippen MR) is 68.1 cm³/mol. The molecule has 1 aliphatic rings. The average molecular weight is 352 g/mol. The fourth-order valence-electron chi connectivity index (χ4n) is 1.38. The van der Waals surface area contributed by atoms with Gasteiger partial charge in [-0.2, -0.15) is 0 Å². The number of anilines is 1. The van der Waals surface area contributed by atoms with E-state index in [1.165, 1.54) is 28.5 Å². The highest BCUT2D eigenvalue weighted by Gasteiger charge is 2.17. The first kappa shape index (κ1) is 9.77. The summed E-state index contributed by atoms with van der Waals surface area (Å²) in [6, 6.07) is 7.07. The summed E-state index contributed by atoms with van der Waals surface area (Å²) < 4.78 is 2.45. The van der Waals surface area contributed by atoms with E-state index in [1.807, 2.05) is 0 Å². The second kappa shape index (κ2) is 4.17. The van der Waals surface area contributed by atoms with E-state index in [4.69, 9.17) is 0 Å². The Morgan fingerprint density at radius 2 is 2.15 bits per heavy atom. The van der Waals surface area contributed by atoms with Gasteiger partial charge in [-0.3, -0.25) is 0 Å². The monoisotopic (exact) mass is 351 g/mol. The zero-order chi connectivity index (χ0) is 9.26. The Bertz CT molecular complexity index is 310. The first-order chi connectivity index (χ1) is 6.25. The second-order valence-corrected chi connectivity index (χ2v) is 5.47. The highest BCUT2D eigenvalue weighted by molar-refractivity contribution is 14.1. The Morgan fingerprint density at radius 1 is 1.38 bits per heavy atom. The van der Waals surface area contributed by atoms with Crippen LogP contribution in [0.15, 0.2) is 22.7 Å². The van der Waals surface area contributed by atoms with E-state index in [2.05, 4.69) is 62.0 Å². The van der Waals surface area contributed by atoms with Gasteiger partial charge in [-0.15, -0.1) is 0 Å². The van der Waals surface area contributed by atoms with Gasteiger partial charge in [-0.05, 0) is 60.1 Å². The molecule has 0 aromatic heterocycles. The van der Waals surface area contributed by atoms with Crippen molar-refractivity contribution >= 4 is 44.2 Å². The largest absolute Gasteiger partial charge is 0.381 e. The van der Waals surface area contributed by atoms with Crippen molar-refractivity contribution in [2.75, 3.05) is 5.32 Å². The quantitative estimate of drug-likeness (QED) is 0.793. The number of benzene rings is 1. The Balaban J connectivity index is 2.13. The molecular formula is C10H11BrIN. The summed E-state index contributed by atoms with van der Waals surface area (Å²) in [4.78, 5) is 0. The third-order valence-electron chi connectivity index (χ3n) is 2.39. The van der Waals surface area contributed by atoms with Gasteiger partial charge in [0, 0.05) is 19.8 Å². The Hall–Kier alpha value is 0.230. The van der Waals surface area contributed by atoms with Gasteiger partial charge in [0.15, 0.2) is 0 Å². The average Bonchev–Trinajstić information content (AvgIpc) is 2.03. The van der Waals surface area contributed by atoms with Crippen LogP contribution in [0.4, 0.5) is 5.69 Å². The van der Waals surface area contributed by atoms with E-state index in [0.29, 0.717) is 6.04 Å². The molecule has 0 aliphatic heterocycles. The smallest absolute Gasteiger partial charge is 0.0489 e. The normalized spacial score (nSPS) is 16.8. The number of halogens is 2. The molecule has 1 saturated carbocycles. The maximum Gasteiger partial charge on any atom is 0.0489 e. The first-order valence-electron chi connectivity index (χ1n) is 4.47. The molecule has 0 spiro atoms. The van der Waals surface area contributed by atoms with Gasteiger partial charge < -0.3 is 5.32 Å². The Labute approximate surface area is 101 Å². The Morgan fingerprint density at radius 3 is 2.77 bits per heavy atom. The van der Waals surface area contributed by atoms with Crippen LogP contribution in [0.1, 0.15) is 19.3 Å². The molecule has 2 rings (SSSR count). The molecule has 1 aromatic rings. The molecule has 1 fully saturated rings. The molecule has 0 heterocycles. The maximum atomic E-state index is 3.55. The van der Waals surface area contributed by atoms with Crippen molar-refractivity contribution in [2.45, 2.75) is 25.3 Å². The molecule has 1 nitrogen and oxygen atoms in total. The van der Waals surface area contributed by atoms with Crippen molar-refractivity contribution < 1.29 is 0 Å². The summed E-state index contributed by atoms with van der Waals surface area (Å²) in [6.45, 7) is 0. The highest BCUT2D eigenvalue weighted by Crippen LogP contribution is 2.28. The van der Waals surface area contributed by atoms with E-state index in [9.17, 15) is 0 Å². The second-order valence-electron chi connectivity index (χ2n) is 3.40. The SMILES string of the molecule is Brc1ccc(I)c(NC2CCC2)c1. The Kier molecular flexibility index (Phi) is 3.14. The van der Waals surface area contributed by atoms with Crippen molar-refractivity contribution in [1.82, 2.24) is 0 Å². The molecule has 0 bridgehead atoms. The number of hydrogen-bond donors (Lipinski definition) is 1. The molecule has 0 saturated heterocycles. The molecule has 1 aromatic carbocycles.